The maximum Gasteiger partial charge on any atom is 0.225 e. The van der Waals surface area contributed by atoms with Gasteiger partial charge in [-0.25, -0.2) is 21.5 Å². The van der Waals surface area contributed by atoms with Crippen LogP contribution in [0.1, 0.15) is 18.4 Å². The van der Waals surface area contributed by atoms with Crippen molar-refractivity contribution in [1.29, 1.82) is 0 Å². The lowest BCUT2D eigenvalue weighted by Gasteiger charge is -2.19. The molecule has 1 N–H and O–H groups in total. The summed E-state index contributed by atoms with van der Waals surface area (Å²) in [6.07, 6.45) is 2.37. The first-order valence-corrected chi connectivity index (χ1v) is 10.3. The van der Waals surface area contributed by atoms with E-state index in [1.54, 1.807) is 0 Å². The molecular formula is C19H22F2N2O3S. The van der Waals surface area contributed by atoms with Crippen molar-refractivity contribution in [3.05, 3.63) is 65.7 Å². The molecule has 0 aliphatic rings. The van der Waals surface area contributed by atoms with Gasteiger partial charge in [-0.2, -0.15) is 0 Å². The van der Waals surface area contributed by atoms with Gasteiger partial charge in [-0.1, -0.05) is 30.3 Å². The standard InChI is InChI=1S/C19H22F2N2O3S/c1-27(25,26)23(12-5-8-15-6-3-2-4-7-15)13-11-19(24)22-16-9-10-17(20)18(21)14-16/h2-4,6-7,9-10,14H,5,8,11-13H2,1H3,(H,22,24). The van der Waals surface area contributed by atoms with E-state index in [1.807, 2.05) is 30.3 Å². The maximum absolute atomic E-state index is 13.2. The fraction of sp³-hybridized carbons (Fsp3) is 0.316. The summed E-state index contributed by atoms with van der Waals surface area (Å²) in [5.74, 6) is -2.54. The lowest BCUT2D eigenvalue weighted by Crippen LogP contribution is -2.34. The molecule has 2 rings (SSSR count). The van der Waals surface area contributed by atoms with Crippen molar-refractivity contribution in [3.8, 4) is 0 Å². The minimum Gasteiger partial charge on any atom is -0.326 e. The number of hydrogen-bond donors (Lipinski definition) is 1. The monoisotopic (exact) mass is 396 g/mol. The van der Waals surface area contributed by atoms with Crippen LogP contribution in [-0.2, 0) is 21.2 Å². The summed E-state index contributed by atoms with van der Waals surface area (Å²) in [5, 5.41) is 2.43. The maximum atomic E-state index is 13.2. The number of anilines is 1. The fourth-order valence-corrected chi connectivity index (χ4v) is 3.45. The molecule has 0 fully saturated rings. The zero-order valence-corrected chi connectivity index (χ0v) is 15.8. The van der Waals surface area contributed by atoms with Gasteiger partial charge in [-0.15, -0.1) is 0 Å². The Kier molecular flexibility index (Phi) is 7.44. The Morgan fingerprint density at radius 1 is 1.04 bits per heavy atom. The number of carbonyl (C=O) groups excluding carboxylic acids is 1. The Morgan fingerprint density at radius 3 is 2.37 bits per heavy atom. The molecule has 0 unspecified atom stereocenters. The molecular weight excluding hydrogens is 374 g/mol. The zero-order chi connectivity index (χ0) is 19.9. The van der Waals surface area contributed by atoms with E-state index in [4.69, 9.17) is 0 Å². The predicted molar refractivity (Wildman–Crippen MR) is 101 cm³/mol. The number of sulfonamides is 1. The number of benzene rings is 2. The molecule has 0 aliphatic carbocycles. The van der Waals surface area contributed by atoms with Crippen LogP contribution in [0.3, 0.4) is 0 Å². The molecule has 5 nitrogen and oxygen atoms in total. The van der Waals surface area contributed by atoms with E-state index < -0.39 is 27.6 Å². The van der Waals surface area contributed by atoms with Crippen LogP contribution in [0.15, 0.2) is 48.5 Å². The zero-order valence-electron chi connectivity index (χ0n) is 15.0. The third-order valence-electron chi connectivity index (χ3n) is 3.98. The highest BCUT2D eigenvalue weighted by Gasteiger charge is 2.17. The van der Waals surface area contributed by atoms with Gasteiger partial charge >= 0.3 is 0 Å². The van der Waals surface area contributed by atoms with Crippen LogP contribution in [0.2, 0.25) is 0 Å². The van der Waals surface area contributed by atoms with Gasteiger partial charge in [-0.05, 0) is 30.5 Å². The van der Waals surface area contributed by atoms with Crippen molar-refractivity contribution in [2.24, 2.45) is 0 Å². The Balaban J connectivity index is 1.86. The minimum atomic E-state index is -3.46. The van der Waals surface area contributed by atoms with E-state index in [0.29, 0.717) is 13.0 Å². The summed E-state index contributed by atoms with van der Waals surface area (Å²) in [4.78, 5) is 12.0. The molecule has 8 heteroatoms. The van der Waals surface area contributed by atoms with Gasteiger partial charge in [0, 0.05) is 31.3 Å². The SMILES string of the molecule is CS(=O)(=O)N(CCCc1ccccc1)CCC(=O)Nc1ccc(F)c(F)c1. The number of amides is 1. The van der Waals surface area contributed by atoms with Crippen molar-refractivity contribution in [1.82, 2.24) is 4.31 Å². The van der Waals surface area contributed by atoms with Crippen LogP contribution in [0.25, 0.3) is 0 Å². The second-order valence-electron chi connectivity index (χ2n) is 6.18. The average Bonchev–Trinajstić information content (AvgIpc) is 2.61. The van der Waals surface area contributed by atoms with Crippen LogP contribution in [0, 0.1) is 11.6 Å². The number of hydrogen-bond acceptors (Lipinski definition) is 3. The number of halogens is 2. The second-order valence-corrected chi connectivity index (χ2v) is 8.16. The summed E-state index contributed by atoms with van der Waals surface area (Å²) < 4.78 is 51.2. The number of nitrogens with one attached hydrogen (secondary N) is 1. The molecule has 1 amide bonds. The van der Waals surface area contributed by atoms with E-state index in [2.05, 4.69) is 5.32 Å². The molecule has 27 heavy (non-hydrogen) atoms. The Morgan fingerprint density at radius 2 is 1.74 bits per heavy atom. The summed E-state index contributed by atoms with van der Waals surface area (Å²) in [5.41, 5.74) is 1.23. The van der Waals surface area contributed by atoms with Crippen molar-refractivity contribution in [3.63, 3.8) is 0 Å². The number of rotatable bonds is 9. The van der Waals surface area contributed by atoms with Gasteiger partial charge in [-0.3, -0.25) is 4.79 Å². The highest BCUT2D eigenvalue weighted by molar-refractivity contribution is 7.88. The Bertz CT molecular complexity index is 874. The van der Waals surface area contributed by atoms with Crippen molar-refractivity contribution >= 4 is 21.6 Å². The molecule has 0 aliphatic heterocycles. The highest BCUT2D eigenvalue weighted by atomic mass is 32.2. The first-order valence-electron chi connectivity index (χ1n) is 8.49. The first-order chi connectivity index (χ1) is 12.8. The number of aryl methyl sites for hydroxylation is 1. The molecule has 0 heterocycles. The van der Waals surface area contributed by atoms with Gasteiger partial charge in [0.1, 0.15) is 0 Å². The summed E-state index contributed by atoms with van der Waals surface area (Å²) in [6, 6.07) is 12.7. The number of nitrogens with zero attached hydrogens (tertiary/aromatic N) is 1. The topological polar surface area (TPSA) is 66.5 Å². The van der Waals surface area contributed by atoms with Crippen LogP contribution < -0.4 is 5.32 Å². The molecule has 0 atom stereocenters. The van der Waals surface area contributed by atoms with Crippen molar-refractivity contribution < 1.29 is 22.0 Å². The van der Waals surface area contributed by atoms with Crippen LogP contribution in [-0.4, -0.2) is 38.0 Å². The number of carbonyl (C=O) groups is 1. The van der Waals surface area contributed by atoms with Gasteiger partial charge in [0.05, 0.1) is 6.26 Å². The molecule has 0 radical (unpaired) electrons. The normalized spacial score (nSPS) is 11.6. The quantitative estimate of drug-likeness (QED) is 0.708. The lowest BCUT2D eigenvalue weighted by atomic mass is 10.1. The second kappa shape index (κ2) is 9.57. The van der Waals surface area contributed by atoms with E-state index in [1.165, 1.54) is 10.4 Å². The van der Waals surface area contributed by atoms with Crippen LogP contribution >= 0.6 is 0 Å². The molecule has 2 aromatic rings. The molecule has 0 saturated heterocycles. The first kappa shape index (κ1) is 21.0. The van der Waals surface area contributed by atoms with Gasteiger partial charge in [0.15, 0.2) is 11.6 Å². The minimum absolute atomic E-state index is 0.0170. The lowest BCUT2D eigenvalue weighted by molar-refractivity contribution is -0.116. The fourth-order valence-electron chi connectivity index (χ4n) is 2.57. The third-order valence-corrected chi connectivity index (χ3v) is 5.28. The molecule has 0 saturated carbocycles. The predicted octanol–water partition coefficient (Wildman–Crippen LogP) is 3.19. The molecule has 0 bridgehead atoms. The largest absolute Gasteiger partial charge is 0.326 e. The summed E-state index contributed by atoms with van der Waals surface area (Å²) >= 11 is 0. The summed E-state index contributed by atoms with van der Waals surface area (Å²) in [7, 11) is -3.46. The van der Waals surface area contributed by atoms with E-state index in [-0.39, 0.29) is 18.7 Å². The van der Waals surface area contributed by atoms with Gasteiger partial charge in [0.25, 0.3) is 0 Å². The van der Waals surface area contributed by atoms with Crippen LogP contribution in [0.4, 0.5) is 14.5 Å². The van der Waals surface area contributed by atoms with Gasteiger partial charge < -0.3 is 5.32 Å². The molecule has 0 aromatic heterocycles. The molecule has 0 spiro atoms. The average molecular weight is 396 g/mol. The van der Waals surface area contributed by atoms with Crippen molar-refractivity contribution in [2.45, 2.75) is 19.3 Å². The van der Waals surface area contributed by atoms with Crippen LogP contribution in [0.5, 0.6) is 0 Å². The van der Waals surface area contributed by atoms with E-state index in [9.17, 15) is 22.0 Å². The third kappa shape index (κ3) is 7.07. The molecule has 146 valence electrons. The molecule has 2 aromatic carbocycles. The Labute approximate surface area is 158 Å². The highest BCUT2D eigenvalue weighted by Crippen LogP contribution is 2.14. The summed E-state index contributed by atoms with van der Waals surface area (Å²) in [6.45, 7) is 0.315. The Hall–Kier alpha value is -2.32. The van der Waals surface area contributed by atoms with E-state index >= 15 is 0 Å². The van der Waals surface area contributed by atoms with E-state index in [0.717, 1.165) is 30.4 Å². The van der Waals surface area contributed by atoms with Gasteiger partial charge in [0.2, 0.25) is 15.9 Å². The smallest absolute Gasteiger partial charge is 0.225 e. The van der Waals surface area contributed by atoms with Crippen molar-refractivity contribution in [2.75, 3.05) is 24.7 Å².